The molecule has 0 aliphatic rings. The maximum absolute atomic E-state index is 5.91. The van der Waals surface area contributed by atoms with Gasteiger partial charge >= 0.3 is 0 Å². The lowest BCUT2D eigenvalue weighted by Gasteiger charge is -2.10. The number of rotatable bonds is 4. The predicted molar refractivity (Wildman–Crippen MR) is 100 cm³/mol. The average molecular weight is 333 g/mol. The van der Waals surface area contributed by atoms with Crippen LogP contribution in [0.25, 0.3) is 22.4 Å². The minimum atomic E-state index is 0.528. The number of hydrogen-bond donors (Lipinski definition) is 0. The maximum atomic E-state index is 5.91. The lowest BCUT2D eigenvalue weighted by molar-refractivity contribution is 0.834. The van der Waals surface area contributed by atoms with E-state index in [1.807, 2.05) is 12.1 Å². The summed E-state index contributed by atoms with van der Waals surface area (Å²) in [6.45, 7) is 0.800. The largest absolute Gasteiger partial charge is 0.319 e. The van der Waals surface area contributed by atoms with Crippen LogP contribution in [0.1, 0.15) is 11.1 Å². The Morgan fingerprint density at radius 3 is 2.21 bits per heavy atom. The number of nitrogens with zero attached hydrogens (tertiary/aromatic N) is 2. The summed E-state index contributed by atoms with van der Waals surface area (Å²) in [5, 5.41) is 0. The van der Waals surface area contributed by atoms with Gasteiger partial charge in [0, 0.05) is 18.0 Å². The fourth-order valence-corrected chi connectivity index (χ4v) is 3.14. The van der Waals surface area contributed by atoms with E-state index in [4.69, 9.17) is 16.6 Å². The van der Waals surface area contributed by atoms with Crippen molar-refractivity contribution in [3.05, 3.63) is 90.0 Å². The van der Waals surface area contributed by atoms with Gasteiger partial charge in [0.05, 0.1) is 11.0 Å². The number of benzene rings is 3. The van der Waals surface area contributed by atoms with Crippen LogP contribution in [-0.2, 0) is 12.4 Å². The molecule has 0 fully saturated rings. The molecule has 0 aliphatic carbocycles. The van der Waals surface area contributed by atoms with E-state index in [1.54, 1.807) is 0 Å². The van der Waals surface area contributed by atoms with Crippen molar-refractivity contribution in [3.63, 3.8) is 0 Å². The number of imidazole rings is 1. The topological polar surface area (TPSA) is 17.8 Å². The van der Waals surface area contributed by atoms with Crippen LogP contribution >= 0.6 is 11.6 Å². The first-order valence-corrected chi connectivity index (χ1v) is 8.53. The van der Waals surface area contributed by atoms with Gasteiger partial charge in [-0.1, -0.05) is 66.7 Å². The fraction of sp³-hybridized carbons (Fsp3) is 0.0952. The summed E-state index contributed by atoms with van der Waals surface area (Å²) in [6.07, 6.45) is 0. The molecule has 0 atom stereocenters. The Balaban J connectivity index is 1.85. The molecule has 0 amide bonds. The Labute approximate surface area is 146 Å². The monoisotopic (exact) mass is 332 g/mol. The second kappa shape index (κ2) is 6.50. The molecule has 0 N–H and O–H groups in total. The Morgan fingerprint density at radius 2 is 1.46 bits per heavy atom. The summed E-state index contributed by atoms with van der Waals surface area (Å²) in [6, 6.07) is 27.1. The minimum absolute atomic E-state index is 0.528. The van der Waals surface area contributed by atoms with Crippen molar-refractivity contribution in [3.8, 4) is 11.4 Å². The zero-order chi connectivity index (χ0) is 16.4. The molecule has 0 saturated carbocycles. The Kier molecular flexibility index (Phi) is 4.06. The highest BCUT2D eigenvalue weighted by Gasteiger charge is 2.12. The molecule has 2 nitrogen and oxygen atoms in total. The van der Waals surface area contributed by atoms with Crippen molar-refractivity contribution < 1.29 is 0 Å². The van der Waals surface area contributed by atoms with Gasteiger partial charge in [-0.25, -0.2) is 4.98 Å². The van der Waals surface area contributed by atoms with E-state index in [0.717, 1.165) is 34.5 Å². The van der Waals surface area contributed by atoms with Gasteiger partial charge in [0.1, 0.15) is 5.82 Å². The molecular formula is C21H17ClN2. The molecule has 24 heavy (non-hydrogen) atoms. The quantitative estimate of drug-likeness (QED) is 0.452. The van der Waals surface area contributed by atoms with Gasteiger partial charge < -0.3 is 4.57 Å². The Bertz CT molecular complexity index is 956. The first-order chi connectivity index (χ1) is 11.8. The second-order valence-corrected chi connectivity index (χ2v) is 6.09. The SMILES string of the molecule is ClCc1ccc(-c2nc3ccccc3n2Cc2ccccc2)cc1. The summed E-state index contributed by atoms with van der Waals surface area (Å²) in [5.74, 6) is 1.52. The van der Waals surface area contributed by atoms with Crippen LogP contribution in [-0.4, -0.2) is 9.55 Å². The molecule has 4 aromatic rings. The molecule has 0 spiro atoms. The zero-order valence-corrected chi connectivity index (χ0v) is 13.9. The van der Waals surface area contributed by atoms with Gasteiger partial charge in [-0.15, -0.1) is 11.6 Å². The van der Waals surface area contributed by atoms with E-state index in [1.165, 1.54) is 5.56 Å². The molecule has 3 heteroatoms. The minimum Gasteiger partial charge on any atom is -0.319 e. The van der Waals surface area contributed by atoms with E-state index in [-0.39, 0.29) is 0 Å². The third-order valence-corrected chi connectivity index (χ3v) is 4.51. The van der Waals surface area contributed by atoms with Crippen LogP contribution < -0.4 is 0 Å². The van der Waals surface area contributed by atoms with E-state index in [0.29, 0.717) is 5.88 Å². The van der Waals surface area contributed by atoms with Crippen molar-refractivity contribution in [2.45, 2.75) is 12.4 Å². The normalized spacial score (nSPS) is 11.0. The average Bonchev–Trinajstić information content (AvgIpc) is 3.01. The highest BCUT2D eigenvalue weighted by atomic mass is 35.5. The Hall–Kier alpha value is -2.58. The van der Waals surface area contributed by atoms with Crippen molar-refractivity contribution in [2.75, 3.05) is 0 Å². The summed E-state index contributed by atoms with van der Waals surface area (Å²) in [4.78, 5) is 4.86. The Morgan fingerprint density at radius 1 is 0.750 bits per heavy atom. The number of hydrogen-bond acceptors (Lipinski definition) is 1. The second-order valence-electron chi connectivity index (χ2n) is 5.83. The van der Waals surface area contributed by atoms with E-state index >= 15 is 0 Å². The van der Waals surface area contributed by atoms with Crippen LogP contribution in [0.2, 0.25) is 0 Å². The van der Waals surface area contributed by atoms with Crippen molar-refractivity contribution in [1.29, 1.82) is 0 Å². The molecule has 0 saturated heterocycles. The highest BCUT2D eigenvalue weighted by molar-refractivity contribution is 6.17. The predicted octanol–water partition coefficient (Wildman–Crippen LogP) is 5.49. The summed E-state index contributed by atoms with van der Waals surface area (Å²) < 4.78 is 2.28. The van der Waals surface area contributed by atoms with Gasteiger partial charge in [0.25, 0.3) is 0 Å². The van der Waals surface area contributed by atoms with Crippen LogP contribution in [0.5, 0.6) is 0 Å². The van der Waals surface area contributed by atoms with Crippen LogP contribution in [0.3, 0.4) is 0 Å². The number of alkyl halides is 1. The highest BCUT2D eigenvalue weighted by Crippen LogP contribution is 2.26. The van der Waals surface area contributed by atoms with Crippen LogP contribution in [0, 0.1) is 0 Å². The summed E-state index contributed by atoms with van der Waals surface area (Å²) in [5.41, 5.74) is 5.66. The molecule has 0 radical (unpaired) electrons. The molecule has 1 aromatic heterocycles. The standard InChI is InChI=1S/C21H17ClN2/c22-14-16-10-12-18(13-11-16)21-23-19-8-4-5-9-20(19)24(21)15-17-6-2-1-3-7-17/h1-13H,14-15H2. The van der Waals surface area contributed by atoms with Crippen molar-refractivity contribution in [2.24, 2.45) is 0 Å². The lowest BCUT2D eigenvalue weighted by atomic mass is 10.1. The first-order valence-electron chi connectivity index (χ1n) is 7.99. The molecule has 0 bridgehead atoms. The summed E-state index contributed by atoms with van der Waals surface area (Å²) in [7, 11) is 0. The lowest BCUT2D eigenvalue weighted by Crippen LogP contribution is -2.02. The molecular weight excluding hydrogens is 316 g/mol. The van der Waals surface area contributed by atoms with Crippen LogP contribution in [0.15, 0.2) is 78.9 Å². The van der Waals surface area contributed by atoms with Crippen molar-refractivity contribution in [1.82, 2.24) is 9.55 Å². The van der Waals surface area contributed by atoms with E-state index in [2.05, 4.69) is 71.3 Å². The number of fused-ring (bicyclic) bond motifs is 1. The molecule has 4 rings (SSSR count). The zero-order valence-electron chi connectivity index (χ0n) is 13.2. The van der Waals surface area contributed by atoms with E-state index in [9.17, 15) is 0 Å². The van der Waals surface area contributed by atoms with Gasteiger partial charge in [0.15, 0.2) is 0 Å². The molecule has 0 unspecified atom stereocenters. The third kappa shape index (κ3) is 2.81. The molecule has 0 aliphatic heterocycles. The van der Waals surface area contributed by atoms with Gasteiger partial charge in [-0.2, -0.15) is 0 Å². The number of aromatic nitrogens is 2. The smallest absolute Gasteiger partial charge is 0.141 e. The van der Waals surface area contributed by atoms with Gasteiger partial charge in [0.2, 0.25) is 0 Å². The molecule has 3 aromatic carbocycles. The molecule has 118 valence electrons. The van der Waals surface area contributed by atoms with Gasteiger partial charge in [-0.3, -0.25) is 0 Å². The summed E-state index contributed by atoms with van der Waals surface area (Å²) >= 11 is 5.91. The van der Waals surface area contributed by atoms with E-state index < -0.39 is 0 Å². The van der Waals surface area contributed by atoms with Crippen molar-refractivity contribution >= 4 is 22.6 Å². The third-order valence-electron chi connectivity index (χ3n) is 4.20. The first kappa shape index (κ1) is 15.0. The number of halogens is 1. The maximum Gasteiger partial charge on any atom is 0.141 e. The van der Waals surface area contributed by atoms with Gasteiger partial charge in [-0.05, 0) is 23.3 Å². The number of para-hydroxylation sites is 2. The fourth-order valence-electron chi connectivity index (χ4n) is 2.96. The van der Waals surface area contributed by atoms with Crippen LogP contribution in [0.4, 0.5) is 0 Å². The molecule has 1 heterocycles.